The van der Waals surface area contributed by atoms with Crippen molar-refractivity contribution < 1.29 is 9.21 Å². The molecule has 0 aliphatic carbocycles. The number of amides is 1. The fourth-order valence-electron chi connectivity index (χ4n) is 1.38. The van der Waals surface area contributed by atoms with Crippen LogP contribution < -0.4 is 10.6 Å². The molecule has 2 aromatic rings. The maximum Gasteiger partial charge on any atom is 0.270 e. The van der Waals surface area contributed by atoms with E-state index in [4.69, 9.17) is 4.42 Å². The van der Waals surface area contributed by atoms with Crippen LogP contribution in [0.25, 0.3) is 0 Å². The van der Waals surface area contributed by atoms with E-state index < -0.39 is 0 Å². The maximum atomic E-state index is 11.8. The Hall–Kier alpha value is -2.30. The Kier molecular flexibility index (Phi) is 3.40. The van der Waals surface area contributed by atoms with Crippen LogP contribution in [0, 0.1) is 0 Å². The van der Waals surface area contributed by atoms with E-state index in [2.05, 4.69) is 15.6 Å². The first kappa shape index (κ1) is 11.2. The molecule has 0 bridgehead atoms. The average molecular weight is 231 g/mol. The summed E-state index contributed by atoms with van der Waals surface area (Å²) in [5.41, 5.74) is 2.16. The molecule has 0 unspecified atom stereocenters. The first-order valence-electron chi connectivity index (χ1n) is 5.22. The molecule has 0 aliphatic rings. The zero-order valence-electron chi connectivity index (χ0n) is 9.43. The smallest absolute Gasteiger partial charge is 0.270 e. The summed E-state index contributed by atoms with van der Waals surface area (Å²) in [6, 6.07) is 5.30. The molecule has 0 fully saturated rings. The molecule has 0 radical (unpaired) electrons. The molecule has 2 rings (SSSR count). The van der Waals surface area contributed by atoms with Gasteiger partial charge in [-0.25, -0.2) is 0 Å². The van der Waals surface area contributed by atoms with Gasteiger partial charge in [-0.1, -0.05) is 0 Å². The highest BCUT2D eigenvalue weighted by Gasteiger charge is 2.07. The Morgan fingerprint density at radius 3 is 3.06 bits per heavy atom. The van der Waals surface area contributed by atoms with E-state index in [0.717, 1.165) is 11.3 Å². The molecule has 5 nitrogen and oxygen atoms in total. The molecule has 88 valence electrons. The molecule has 0 atom stereocenters. The van der Waals surface area contributed by atoms with Crippen LogP contribution in [0.2, 0.25) is 0 Å². The minimum Gasteiger partial charge on any atom is -0.472 e. The Labute approximate surface area is 98.9 Å². The standard InChI is InChI=1S/C12H13N3O2/c1-13-10-2-4-14-11(6-10)12(16)15-7-9-3-5-17-8-9/h2-6,8H,7H2,1H3,(H,13,14)(H,15,16). The number of furan rings is 1. The second kappa shape index (κ2) is 5.16. The lowest BCUT2D eigenvalue weighted by Gasteiger charge is -2.04. The van der Waals surface area contributed by atoms with Crippen molar-refractivity contribution in [1.82, 2.24) is 10.3 Å². The van der Waals surface area contributed by atoms with E-state index in [0.29, 0.717) is 12.2 Å². The fraction of sp³-hybridized carbons (Fsp3) is 0.167. The number of aromatic nitrogens is 1. The number of carbonyl (C=O) groups excluding carboxylic acids is 1. The molecule has 2 aromatic heterocycles. The third-order valence-electron chi connectivity index (χ3n) is 2.31. The number of nitrogens with zero attached hydrogens (tertiary/aromatic N) is 1. The van der Waals surface area contributed by atoms with Crippen LogP contribution in [-0.4, -0.2) is 17.9 Å². The summed E-state index contributed by atoms with van der Waals surface area (Å²) in [6.07, 6.45) is 4.76. The molecule has 2 heterocycles. The van der Waals surface area contributed by atoms with Crippen LogP contribution >= 0.6 is 0 Å². The predicted octanol–water partition coefficient (Wildman–Crippen LogP) is 1.65. The van der Waals surface area contributed by atoms with Crippen LogP contribution in [0.15, 0.2) is 41.3 Å². The number of hydrogen-bond donors (Lipinski definition) is 2. The van der Waals surface area contributed by atoms with Crippen molar-refractivity contribution in [3.05, 3.63) is 48.2 Å². The van der Waals surface area contributed by atoms with Crippen molar-refractivity contribution in [3.8, 4) is 0 Å². The molecule has 5 heteroatoms. The van der Waals surface area contributed by atoms with Crippen LogP contribution in [0.5, 0.6) is 0 Å². The van der Waals surface area contributed by atoms with Crippen molar-refractivity contribution in [2.45, 2.75) is 6.54 Å². The normalized spacial score (nSPS) is 9.94. The molecule has 0 spiro atoms. The zero-order valence-corrected chi connectivity index (χ0v) is 9.43. The summed E-state index contributed by atoms with van der Waals surface area (Å²) < 4.78 is 4.91. The van der Waals surface area contributed by atoms with E-state index in [-0.39, 0.29) is 5.91 Å². The summed E-state index contributed by atoms with van der Waals surface area (Å²) >= 11 is 0. The summed E-state index contributed by atoms with van der Waals surface area (Å²) in [5, 5.41) is 5.72. The molecule has 1 amide bonds. The van der Waals surface area contributed by atoms with E-state index in [1.54, 1.807) is 44.0 Å². The van der Waals surface area contributed by atoms with Crippen LogP contribution in [0.4, 0.5) is 5.69 Å². The van der Waals surface area contributed by atoms with E-state index in [1.807, 2.05) is 0 Å². The van der Waals surface area contributed by atoms with Gasteiger partial charge in [-0.15, -0.1) is 0 Å². The van der Waals surface area contributed by atoms with E-state index in [9.17, 15) is 4.79 Å². The summed E-state index contributed by atoms with van der Waals surface area (Å²) in [4.78, 5) is 15.8. The molecule has 0 aromatic carbocycles. The minimum atomic E-state index is -0.205. The number of anilines is 1. The molecule has 2 N–H and O–H groups in total. The first-order chi connectivity index (χ1) is 8.29. The highest BCUT2D eigenvalue weighted by Crippen LogP contribution is 2.07. The van der Waals surface area contributed by atoms with Gasteiger partial charge in [0.15, 0.2) is 0 Å². The molecule has 17 heavy (non-hydrogen) atoms. The van der Waals surface area contributed by atoms with Gasteiger partial charge < -0.3 is 15.1 Å². The number of carbonyl (C=O) groups is 1. The quantitative estimate of drug-likeness (QED) is 0.839. The SMILES string of the molecule is CNc1ccnc(C(=O)NCc2ccoc2)c1. The van der Waals surface area contributed by atoms with Gasteiger partial charge in [0.25, 0.3) is 5.91 Å². The lowest BCUT2D eigenvalue weighted by Crippen LogP contribution is -2.23. The Balaban J connectivity index is 1.99. The summed E-state index contributed by atoms with van der Waals surface area (Å²) in [7, 11) is 1.79. The van der Waals surface area contributed by atoms with E-state index in [1.165, 1.54) is 0 Å². The number of pyridine rings is 1. The second-order valence-electron chi connectivity index (χ2n) is 3.49. The highest BCUT2D eigenvalue weighted by molar-refractivity contribution is 5.93. The van der Waals surface area contributed by atoms with Gasteiger partial charge in [0.1, 0.15) is 5.69 Å². The molecule has 0 saturated heterocycles. The predicted molar refractivity (Wildman–Crippen MR) is 63.7 cm³/mol. The van der Waals surface area contributed by atoms with Crippen molar-refractivity contribution >= 4 is 11.6 Å². The third kappa shape index (κ3) is 2.84. The van der Waals surface area contributed by atoms with Crippen LogP contribution in [-0.2, 0) is 6.54 Å². The number of nitrogens with one attached hydrogen (secondary N) is 2. The average Bonchev–Trinajstić information content (AvgIpc) is 2.89. The lowest BCUT2D eigenvalue weighted by atomic mass is 10.3. The molecular weight excluding hydrogens is 218 g/mol. The van der Waals surface area contributed by atoms with Gasteiger partial charge in [-0.3, -0.25) is 9.78 Å². The Morgan fingerprint density at radius 1 is 1.47 bits per heavy atom. The van der Waals surface area contributed by atoms with Gasteiger partial charge >= 0.3 is 0 Å². The van der Waals surface area contributed by atoms with Gasteiger partial charge in [0, 0.05) is 31.0 Å². The molecular formula is C12H13N3O2. The monoisotopic (exact) mass is 231 g/mol. The van der Waals surface area contributed by atoms with Crippen molar-refractivity contribution in [1.29, 1.82) is 0 Å². The van der Waals surface area contributed by atoms with Gasteiger partial charge in [0.05, 0.1) is 12.5 Å². The lowest BCUT2D eigenvalue weighted by molar-refractivity contribution is 0.0946. The largest absolute Gasteiger partial charge is 0.472 e. The fourth-order valence-corrected chi connectivity index (χ4v) is 1.38. The van der Waals surface area contributed by atoms with Gasteiger partial charge in [-0.05, 0) is 18.2 Å². The maximum absolute atomic E-state index is 11.8. The summed E-state index contributed by atoms with van der Waals surface area (Å²) in [6.45, 7) is 0.431. The van der Waals surface area contributed by atoms with Crippen molar-refractivity contribution in [2.24, 2.45) is 0 Å². The van der Waals surface area contributed by atoms with Crippen molar-refractivity contribution in [3.63, 3.8) is 0 Å². The van der Waals surface area contributed by atoms with Gasteiger partial charge in [-0.2, -0.15) is 0 Å². The number of rotatable bonds is 4. The Morgan fingerprint density at radius 2 is 2.35 bits per heavy atom. The van der Waals surface area contributed by atoms with E-state index >= 15 is 0 Å². The molecule has 0 saturated carbocycles. The topological polar surface area (TPSA) is 67.2 Å². The highest BCUT2D eigenvalue weighted by atomic mass is 16.3. The van der Waals surface area contributed by atoms with Crippen molar-refractivity contribution in [2.75, 3.05) is 12.4 Å². The third-order valence-corrected chi connectivity index (χ3v) is 2.31. The van der Waals surface area contributed by atoms with Gasteiger partial charge in [0.2, 0.25) is 0 Å². The van der Waals surface area contributed by atoms with Crippen LogP contribution in [0.3, 0.4) is 0 Å². The summed E-state index contributed by atoms with van der Waals surface area (Å²) in [5.74, 6) is -0.205. The first-order valence-corrected chi connectivity index (χ1v) is 5.22. The second-order valence-corrected chi connectivity index (χ2v) is 3.49. The number of hydrogen-bond acceptors (Lipinski definition) is 4. The zero-order chi connectivity index (χ0) is 12.1. The Bertz CT molecular complexity index is 494. The molecule has 0 aliphatic heterocycles. The van der Waals surface area contributed by atoms with Crippen LogP contribution in [0.1, 0.15) is 16.1 Å². The minimum absolute atomic E-state index is 0.205.